The van der Waals surface area contributed by atoms with Crippen LogP contribution >= 0.6 is 0 Å². The molecule has 0 aliphatic heterocycles. The number of rotatable bonds is 1. The molecule has 2 heteroatoms. The SMILES string of the molecule is C.C.C.C.C.C.C=CC(=C)C.[Sn].[Sn]. The molecular weight excluding hydrogens is 370 g/mol. The predicted octanol–water partition coefficient (Wildman–Crippen LogP) is 4.80. The summed E-state index contributed by atoms with van der Waals surface area (Å²) in [6.45, 7) is 8.93. The summed E-state index contributed by atoms with van der Waals surface area (Å²) < 4.78 is 0. The van der Waals surface area contributed by atoms with Gasteiger partial charge in [-0.2, -0.15) is 0 Å². The van der Waals surface area contributed by atoms with E-state index in [1.54, 1.807) is 6.08 Å². The van der Waals surface area contributed by atoms with Gasteiger partial charge in [-0.05, 0) is 6.92 Å². The van der Waals surface area contributed by atoms with E-state index in [1.807, 2.05) is 6.92 Å². The van der Waals surface area contributed by atoms with Crippen LogP contribution in [0.4, 0.5) is 0 Å². The van der Waals surface area contributed by atoms with E-state index >= 15 is 0 Å². The van der Waals surface area contributed by atoms with E-state index < -0.39 is 0 Å². The minimum absolute atomic E-state index is 0. The first-order valence-corrected chi connectivity index (χ1v) is 1.55. The third kappa shape index (κ3) is 169. The maximum absolute atomic E-state index is 3.56. The number of hydrogen-bond acceptors (Lipinski definition) is 0. The Morgan fingerprint density at radius 2 is 0.923 bits per heavy atom. The Labute approximate surface area is 123 Å². The Bertz CT molecular complexity index is 59.1. The van der Waals surface area contributed by atoms with E-state index in [0.29, 0.717) is 0 Å². The summed E-state index contributed by atoms with van der Waals surface area (Å²) in [4.78, 5) is 0. The van der Waals surface area contributed by atoms with Crippen molar-refractivity contribution in [2.45, 2.75) is 51.5 Å². The minimum Gasteiger partial charge on any atom is -0.0988 e. The fourth-order valence-electron chi connectivity index (χ4n) is 0. The van der Waals surface area contributed by atoms with Crippen LogP contribution in [-0.2, 0) is 0 Å². The number of allylic oxidation sites excluding steroid dienone is 2. The van der Waals surface area contributed by atoms with Gasteiger partial charge < -0.3 is 0 Å². The zero-order valence-electron chi connectivity index (χ0n) is 4.49. The number of hydrogen-bond donors (Lipinski definition) is 0. The first-order chi connectivity index (χ1) is 2.27. The average molecular weight is 402 g/mol. The van der Waals surface area contributed by atoms with Crippen molar-refractivity contribution in [1.29, 1.82) is 0 Å². The van der Waals surface area contributed by atoms with Crippen molar-refractivity contribution in [3.05, 3.63) is 24.8 Å². The Hall–Kier alpha value is 1.08. The van der Waals surface area contributed by atoms with Gasteiger partial charge in [-0.1, -0.05) is 69.4 Å². The summed E-state index contributed by atoms with van der Waals surface area (Å²) in [5, 5.41) is 0. The zero-order chi connectivity index (χ0) is 4.28. The molecular formula is C11H32Sn2. The molecule has 0 aromatic heterocycles. The molecule has 0 rings (SSSR count). The zero-order valence-corrected chi connectivity index (χ0v) is 10.2. The fraction of sp³-hybridized carbons (Fsp3) is 0.636. The third-order valence-corrected chi connectivity index (χ3v) is 0.348. The van der Waals surface area contributed by atoms with Gasteiger partial charge in [-0.15, -0.1) is 0 Å². The average Bonchev–Trinajstić information content (AvgIpc) is 1.38. The van der Waals surface area contributed by atoms with Crippen LogP contribution < -0.4 is 0 Å². The molecule has 0 aromatic rings. The van der Waals surface area contributed by atoms with Crippen LogP contribution in [-0.4, -0.2) is 47.8 Å². The maximum atomic E-state index is 3.56. The molecule has 0 fully saturated rings. The minimum atomic E-state index is 0. The fourth-order valence-corrected chi connectivity index (χ4v) is 0. The van der Waals surface area contributed by atoms with Gasteiger partial charge in [0.05, 0.1) is 0 Å². The Morgan fingerprint density at radius 3 is 0.923 bits per heavy atom. The second-order valence-corrected chi connectivity index (χ2v) is 1.05. The molecule has 0 N–H and O–H groups in total. The third-order valence-electron chi connectivity index (χ3n) is 0.348. The first-order valence-electron chi connectivity index (χ1n) is 1.55. The Balaban J connectivity index is -0.00000000286. The maximum Gasteiger partial charge on any atom is 0 e. The van der Waals surface area contributed by atoms with Crippen LogP contribution in [0.2, 0.25) is 0 Å². The molecule has 0 aliphatic rings. The van der Waals surface area contributed by atoms with Crippen molar-refractivity contribution in [2.24, 2.45) is 0 Å². The summed E-state index contributed by atoms with van der Waals surface area (Å²) in [7, 11) is 0. The van der Waals surface area contributed by atoms with Crippen LogP contribution in [0.5, 0.6) is 0 Å². The van der Waals surface area contributed by atoms with Crippen molar-refractivity contribution in [2.75, 3.05) is 0 Å². The summed E-state index contributed by atoms with van der Waals surface area (Å²) >= 11 is 0. The molecule has 8 radical (unpaired) electrons. The van der Waals surface area contributed by atoms with E-state index in [0.717, 1.165) is 5.57 Å². The van der Waals surface area contributed by atoms with E-state index in [-0.39, 0.29) is 92.4 Å². The molecule has 0 bridgehead atoms. The van der Waals surface area contributed by atoms with Gasteiger partial charge in [0.2, 0.25) is 0 Å². The molecule has 13 heavy (non-hydrogen) atoms. The topological polar surface area (TPSA) is 0 Å². The van der Waals surface area contributed by atoms with Crippen LogP contribution in [0.25, 0.3) is 0 Å². The normalized spacial score (nSPS) is 2.54. The van der Waals surface area contributed by atoms with Crippen LogP contribution in [0, 0.1) is 0 Å². The van der Waals surface area contributed by atoms with Crippen molar-refractivity contribution in [3.8, 4) is 0 Å². The van der Waals surface area contributed by atoms with Gasteiger partial charge in [0, 0.05) is 47.8 Å². The molecule has 0 atom stereocenters. The summed E-state index contributed by atoms with van der Waals surface area (Å²) in [6, 6.07) is 0. The van der Waals surface area contributed by atoms with Crippen LogP contribution in [0.1, 0.15) is 51.5 Å². The Kier molecular flexibility index (Phi) is 532. The molecule has 0 saturated carbocycles. The molecule has 0 spiro atoms. The molecule has 84 valence electrons. The van der Waals surface area contributed by atoms with E-state index in [1.165, 1.54) is 0 Å². The molecule has 0 aliphatic carbocycles. The van der Waals surface area contributed by atoms with Gasteiger partial charge in [-0.25, -0.2) is 0 Å². The molecule has 0 heterocycles. The van der Waals surface area contributed by atoms with E-state index in [9.17, 15) is 0 Å². The van der Waals surface area contributed by atoms with Crippen molar-refractivity contribution < 1.29 is 0 Å². The smallest absolute Gasteiger partial charge is 0 e. The summed E-state index contributed by atoms with van der Waals surface area (Å²) in [5.74, 6) is 0. The van der Waals surface area contributed by atoms with Crippen molar-refractivity contribution in [1.82, 2.24) is 0 Å². The molecule has 0 nitrogen and oxygen atoms in total. The van der Waals surface area contributed by atoms with Crippen molar-refractivity contribution >= 4 is 47.8 Å². The quantitative estimate of drug-likeness (QED) is 0.437. The molecule has 0 aromatic carbocycles. The second kappa shape index (κ2) is 74.0. The molecule has 0 unspecified atom stereocenters. The molecule has 0 saturated heterocycles. The summed E-state index contributed by atoms with van der Waals surface area (Å²) in [5.41, 5.74) is 1.02. The van der Waals surface area contributed by atoms with E-state index in [4.69, 9.17) is 0 Å². The van der Waals surface area contributed by atoms with Gasteiger partial charge >= 0.3 is 0 Å². The monoisotopic (exact) mass is 404 g/mol. The van der Waals surface area contributed by atoms with Crippen LogP contribution in [0.3, 0.4) is 0 Å². The standard InChI is InChI=1S/C5H8.6CH4.2Sn/c1-4-5(2)3;;;;;;;;/h4H,1-2H2,3H3;6*1H4;;. The van der Waals surface area contributed by atoms with E-state index in [2.05, 4.69) is 13.2 Å². The van der Waals surface area contributed by atoms with Gasteiger partial charge in [0.25, 0.3) is 0 Å². The predicted molar refractivity (Wildman–Crippen MR) is 76.9 cm³/mol. The largest absolute Gasteiger partial charge is 0.0988 e. The van der Waals surface area contributed by atoms with Gasteiger partial charge in [0.15, 0.2) is 0 Å². The first kappa shape index (κ1) is 93.4. The van der Waals surface area contributed by atoms with Gasteiger partial charge in [-0.3, -0.25) is 0 Å². The van der Waals surface area contributed by atoms with Crippen LogP contribution in [0.15, 0.2) is 24.8 Å². The van der Waals surface area contributed by atoms with Gasteiger partial charge in [0.1, 0.15) is 0 Å². The Morgan fingerprint density at radius 1 is 0.846 bits per heavy atom. The molecule has 0 amide bonds. The second-order valence-electron chi connectivity index (χ2n) is 1.05. The summed E-state index contributed by atoms with van der Waals surface area (Å²) in [6.07, 6.45) is 1.72. The van der Waals surface area contributed by atoms with Crippen molar-refractivity contribution in [3.63, 3.8) is 0 Å².